The summed E-state index contributed by atoms with van der Waals surface area (Å²) in [5.74, 6) is -0.0553. The smallest absolute Gasteiger partial charge is 0.251 e. The van der Waals surface area contributed by atoms with Crippen molar-refractivity contribution in [2.75, 3.05) is 6.54 Å². The maximum absolute atomic E-state index is 12.2. The zero-order chi connectivity index (χ0) is 14.4. The molecule has 3 nitrogen and oxygen atoms in total. The lowest BCUT2D eigenvalue weighted by Gasteiger charge is -2.14. The fraction of sp³-hybridized carbons (Fsp3) is 0.235. The number of amides is 1. The number of hydrogen-bond acceptors (Lipinski definition) is 2. The van der Waals surface area contributed by atoms with Crippen molar-refractivity contribution in [3.63, 3.8) is 0 Å². The minimum Gasteiger partial charge on any atom is -0.346 e. The van der Waals surface area contributed by atoms with Crippen LogP contribution in [0.25, 0.3) is 0 Å². The highest BCUT2D eigenvalue weighted by atomic mass is 16.1. The van der Waals surface area contributed by atoms with Gasteiger partial charge in [-0.05, 0) is 43.1 Å². The second-order valence-electron chi connectivity index (χ2n) is 4.84. The zero-order valence-electron chi connectivity index (χ0n) is 11.7. The molecule has 2 rings (SSSR count). The third-order valence-electron chi connectivity index (χ3n) is 3.27. The van der Waals surface area contributed by atoms with Crippen molar-refractivity contribution in [1.29, 1.82) is 0 Å². The third-order valence-corrected chi connectivity index (χ3v) is 3.27. The molecule has 0 aliphatic rings. The Labute approximate surface area is 119 Å². The van der Waals surface area contributed by atoms with Crippen LogP contribution in [0.3, 0.4) is 0 Å². The van der Waals surface area contributed by atoms with Crippen LogP contribution >= 0.6 is 0 Å². The molecule has 0 saturated carbocycles. The standard InChI is InChI=1S/C17H20N2O/c1-13(15-7-3-2-4-8-15)19-17(20)16-9-5-6-14(12-16)10-11-18/h2-9,12-13H,10-11,18H2,1H3,(H,19,20)/t13-/m1/s1. The van der Waals surface area contributed by atoms with E-state index in [1.165, 1.54) is 0 Å². The van der Waals surface area contributed by atoms with Crippen LogP contribution in [-0.2, 0) is 6.42 Å². The number of benzene rings is 2. The molecule has 20 heavy (non-hydrogen) atoms. The lowest BCUT2D eigenvalue weighted by atomic mass is 10.1. The Bertz CT molecular complexity index is 566. The van der Waals surface area contributed by atoms with E-state index in [1.54, 1.807) is 0 Å². The molecule has 1 amide bonds. The predicted molar refractivity (Wildman–Crippen MR) is 81.5 cm³/mol. The van der Waals surface area contributed by atoms with Gasteiger partial charge in [0.15, 0.2) is 0 Å². The maximum atomic E-state index is 12.2. The highest BCUT2D eigenvalue weighted by molar-refractivity contribution is 5.94. The fourth-order valence-corrected chi connectivity index (χ4v) is 2.14. The molecule has 2 aromatic rings. The van der Waals surface area contributed by atoms with E-state index in [0.717, 1.165) is 17.5 Å². The first-order chi connectivity index (χ1) is 9.70. The molecule has 3 N–H and O–H groups in total. The number of nitrogens with one attached hydrogen (secondary N) is 1. The summed E-state index contributed by atoms with van der Waals surface area (Å²) in [4.78, 5) is 12.2. The molecule has 0 aliphatic heterocycles. The number of nitrogens with two attached hydrogens (primary N) is 1. The molecular formula is C17H20N2O. The number of hydrogen-bond donors (Lipinski definition) is 2. The van der Waals surface area contributed by atoms with Gasteiger partial charge in [0.2, 0.25) is 0 Å². The average Bonchev–Trinajstić information content (AvgIpc) is 2.48. The molecule has 0 unspecified atom stereocenters. The Balaban J connectivity index is 2.06. The first-order valence-electron chi connectivity index (χ1n) is 6.85. The summed E-state index contributed by atoms with van der Waals surface area (Å²) in [6.45, 7) is 2.57. The van der Waals surface area contributed by atoms with E-state index in [0.29, 0.717) is 12.1 Å². The SMILES string of the molecule is C[C@@H](NC(=O)c1cccc(CCN)c1)c1ccccc1. The minimum atomic E-state index is -0.0553. The van der Waals surface area contributed by atoms with Gasteiger partial charge in [-0.1, -0.05) is 42.5 Å². The molecular weight excluding hydrogens is 248 g/mol. The minimum absolute atomic E-state index is 0.0122. The lowest BCUT2D eigenvalue weighted by molar-refractivity contribution is 0.0940. The summed E-state index contributed by atoms with van der Waals surface area (Å²) in [6.07, 6.45) is 0.787. The summed E-state index contributed by atoms with van der Waals surface area (Å²) in [7, 11) is 0. The van der Waals surface area contributed by atoms with Gasteiger partial charge in [0.1, 0.15) is 0 Å². The summed E-state index contributed by atoms with van der Waals surface area (Å²) in [5, 5.41) is 3.01. The molecule has 3 heteroatoms. The van der Waals surface area contributed by atoms with Gasteiger partial charge >= 0.3 is 0 Å². The highest BCUT2D eigenvalue weighted by Crippen LogP contribution is 2.13. The van der Waals surface area contributed by atoms with E-state index in [-0.39, 0.29) is 11.9 Å². The maximum Gasteiger partial charge on any atom is 0.251 e. The Kier molecular flexibility index (Phi) is 4.91. The predicted octanol–water partition coefficient (Wildman–Crippen LogP) is 2.68. The molecule has 0 fully saturated rings. The van der Waals surface area contributed by atoms with Crippen molar-refractivity contribution >= 4 is 5.91 Å². The third kappa shape index (κ3) is 3.68. The topological polar surface area (TPSA) is 55.1 Å². The van der Waals surface area contributed by atoms with E-state index in [4.69, 9.17) is 5.73 Å². The fourth-order valence-electron chi connectivity index (χ4n) is 2.14. The molecule has 0 aromatic heterocycles. The van der Waals surface area contributed by atoms with Gasteiger partial charge in [0, 0.05) is 5.56 Å². The number of rotatable bonds is 5. The quantitative estimate of drug-likeness (QED) is 0.876. The van der Waals surface area contributed by atoms with E-state index in [2.05, 4.69) is 5.32 Å². The second-order valence-corrected chi connectivity index (χ2v) is 4.84. The molecule has 2 aromatic carbocycles. The molecule has 104 valence electrons. The van der Waals surface area contributed by atoms with Gasteiger partial charge in [0.05, 0.1) is 6.04 Å². The summed E-state index contributed by atoms with van der Waals surface area (Å²) in [6, 6.07) is 17.5. The molecule has 0 bridgehead atoms. The van der Waals surface area contributed by atoms with Gasteiger partial charge in [-0.25, -0.2) is 0 Å². The van der Waals surface area contributed by atoms with Crippen LogP contribution < -0.4 is 11.1 Å². The van der Waals surface area contributed by atoms with Gasteiger partial charge in [-0.3, -0.25) is 4.79 Å². The Morgan fingerprint density at radius 1 is 1.15 bits per heavy atom. The van der Waals surface area contributed by atoms with Crippen molar-refractivity contribution in [3.8, 4) is 0 Å². The molecule has 0 saturated heterocycles. The van der Waals surface area contributed by atoms with Gasteiger partial charge < -0.3 is 11.1 Å². The van der Waals surface area contributed by atoms with Gasteiger partial charge in [-0.15, -0.1) is 0 Å². The van der Waals surface area contributed by atoms with Crippen molar-refractivity contribution in [3.05, 3.63) is 71.3 Å². The number of carbonyl (C=O) groups excluding carboxylic acids is 1. The Morgan fingerprint density at radius 3 is 2.60 bits per heavy atom. The summed E-state index contributed by atoms with van der Waals surface area (Å²) < 4.78 is 0. The van der Waals surface area contributed by atoms with Crippen LogP contribution in [0, 0.1) is 0 Å². The van der Waals surface area contributed by atoms with Crippen molar-refractivity contribution in [2.24, 2.45) is 5.73 Å². The van der Waals surface area contributed by atoms with E-state index < -0.39 is 0 Å². The van der Waals surface area contributed by atoms with E-state index in [9.17, 15) is 4.79 Å². The number of carbonyl (C=O) groups is 1. The van der Waals surface area contributed by atoms with Gasteiger partial charge in [0.25, 0.3) is 5.91 Å². The normalized spacial score (nSPS) is 11.9. The van der Waals surface area contributed by atoms with Crippen molar-refractivity contribution < 1.29 is 4.79 Å². The lowest BCUT2D eigenvalue weighted by Crippen LogP contribution is -2.26. The van der Waals surface area contributed by atoms with Crippen LogP contribution in [0.15, 0.2) is 54.6 Å². The highest BCUT2D eigenvalue weighted by Gasteiger charge is 2.11. The first kappa shape index (κ1) is 14.3. The van der Waals surface area contributed by atoms with Crippen LogP contribution in [0.4, 0.5) is 0 Å². The monoisotopic (exact) mass is 268 g/mol. The molecule has 1 atom stereocenters. The Morgan fingerprint density at radius 2 is 1.90 bits per heavy atom. The first-order valence-corrected chi connectivity index (χ1v) is 6.85. The van der Waals surface area contributed by atoms with Crippen molar-refractivity contribution in [2.45, 2.75) is 19.4 Å². The van der Waals surface area contributed by atoms with Crippen molar-refractivity contribution in [1.82, 2.24) is 5.32 Å². The van der Waals surface area contributed by atoms with Crippen LogP contribution in [0.2, 0.25) is 0 Å². The average molecular weight is 268 g/mol. The molecule has 0 spiro atoms. The molecule has 0 aliphatic carbocycles. The Hall–Kier alpha value is -2.13. The molecule has 0 heterocycles. The van der Waals surface area contributed by atoms with Gasteiger partial charge in [-0.2, -0.15) is 0 Å². The van der Waals surface area contributed by atoms with Crippen LogP contribution in [0.1, 0.15) is 34.5 Å². The van der Waals surface area contributed by atoms with Crippen LogP contribution in [0.5, 0.6) is 0 Å². The van der Waals surface area contributed by atoms with E-state index >= 15 is 0 Å². The molecule has 0 radical (unpaired) electrons. The van der Waals surface area contributed by atoms with E-state index in [1.807, 2.05) is 61.5 Å². The van der Waals surface area contributed by atoms with Crippen LogP contribution in [-0.4, -0.2) is 12.5 Å². The zero-order valence-corrected chi connectivity index (χ0v) is 11.7. The summed E-state index contributed by atoms with van der Waals surface area (Å²) >= 11 is 0. The second kappa shape index (κ2) is 6.87. The largest absolute Gasteiger partial charge is 0.346 e. The summed E-state index contributed by atoms with van der Waals surface area (Å²) in [5.41, 5.74) is 8.41.